The fourth-order valence-corrected chi connectivity index (χ4v) is 5.55. The Labute approximate surface area is 200 Å². The van der Waals surface area contributed by atoms with Crippen molar-refractivity contribution in [1.29, 1.82) is 0 Å². The molecule has 0 spiro atoms. The predicted octanol–water partition coefficient (Wildman–Crippen LogP) is 2.04. The van der Waals surface area contributed by atoms with Crippen molar-refractivity contribution in [2.75, 3.05) is 13.1 Å². The molecule has 1 aliphatic heterocycles. The number of aliphatic hydroxyl groups is 1. The fraction of sp³-hybridized carbons (Fsp3) is 0.577. The van der Waals surface area contributed by atoms with Gasteiger partial charge in [-0.15, -0.1) is 0 Å². The molecule has 2 saturated carbocycles. The van der Waals surface area contributed by atoms with E-state index >= 15 is 0 Å². The molecule has 4 atom stereocenters. The largest absolute Gasteiger partial charge is 0.392 e. The zero-order valence-electron chi connectivity index (χ0n) is 19.7. The molecule has 3 aliphatic rings. The summed E-state index contributed by atoms with van der Waals surface area (Å²) in [5.74, 6) is 0.786. The number of carbonyl (C=O) groups is 2. The number of likely N-dealkylation sites (tertiary alicyclic amines) is 1. The molecule has 0 bridgehead atoms. The number of aromatic nitrogens is 2. The molecule has 8 nitrogen and oxygen atoms in total. The first-order valence-corrected chi connectivity index (χ1v) is 12.6. The third-order valence-electron chi connectivity index (χ3n) is 7.70. The Morgan fingerprint density at radius 1 is 1.15 bits per heavy atom. The van der Waals surface area contributed by atoms with Crippen LogP contribution in [0.1, 0.15) is 67.9 Å². The van der Waals surface area contributed by atoms with Crippen molar-refractivity contribution in [2.45, 2.75) is 75.6 Å². The number of benzene rings is 1. The molecule has 0 unspecified atom stereocenters. The van der Waals surface area contributed by atoms with E-state index in [-0.39, 0.29) is 29.8 Å². The first kappa shape index (κ1) is 23.1. The first-order chi connectivity index (χ1) is 16.5. The van der Waals surface area contributed by atoms with E-state index in [4.69, 9.17) is 0 Å². The van der Waals surface area contributed by atoms with E-state index in [2.05, 4.69) is 20.6 Å². The van der Waals surface area contributed by atoms with E-state index in [9.17, 15) is 14.7 Å². The van der Waals surface area contributed by atoms with Crippen LogP contribution in [-0.4, -0.2) is 63.1 Å². The number of hydrogen-bond acceptors (Lipinski definition) is 5. The zero-order chi connectivity index (χ0) is 23.7. The number of nitrogens with one attached hydrogen (secondary N) is 3. The van der Waals surface area contributed by atoms with Crippen LogP contribution in [0.5, 0.6) is 0 Å². The SMILES string of the molecule is CC(=O)N1CCC(N[C@@H]2C[C@H](C(=O)NCc3ccccc3)[C@@H](O)[C@H]2c2cnc(C3CC3)[nH]2)CC1. The van der Waals surface area contributed by atoms with Gasteiger partial charge in [0, 0.05) is 62.4 Å². The molecule has 2 heterocycles. The summed E-state index contributed by atoms with van der Waals surface area (Å²) in [6.07, 6.45) is 5.68. The lowest BCUT2D eigenvalue weighted by Crippen LogP contribution is -2.48. The van der Waals surface area contributed by atoms with Gasteiger partial charge in [-0.3, -0.25) is 9.59 Å². The van der Waals surface area contributed by atoms with Crippen molar-refractivity contribution in [3.63, 3.8) is 0 Å². The van der Waals surface area contributed by atoms with Crippen molar-refractivity contribution >= 4 is 11.8 Å². The van der Waals surface area contributed by atoms with Gasteiger partial charge in [-0.05, 0) is 37.7 Å². The molecule has 34 heavy (non-hydrogen) atoms. The highest BCUT2D eigenvalue weighted by Gasteiger charge is 2.48. The average Bonchev–Trinajstić information content (AvgIpc) is 3.50. The van der Waals surface area contributed by atoms with Crippen LogP contribution in [0.2, 0.25) is 0 Å². The predicted molar refractivity (Wildman–Crippen MR) is 128 cm³/mol. The van der Waals surface area contributed by atoms with Gasteiger partial charge < -0.3 is 25.6 Å². The quantitative estimate of drug-likeness (QED) is 0.500. The summed E-state index contributed by atoms with van der Waals surface area (Å²) >= 11 is 0. The van der Waals surface area contributed by atoms with Crippen molar-refractivity contribution in [3.8, 4) is 0 Å². The number of nitrogens with zero attached hydrogens (tertiary/aromatic N) is 2. The second kappa shape index (κ2) is 9.88. The minimum atomic E-state index is -0.793. The second-order valence-electron chi connectivity index (χ2n) is 10.1. The maximum absolute atomic E-state index is 13.1. The molecule has 1 aromatic carbocycles. The Morgan fingerprint density at radius 3 is 2.56 bits per heavy atom. The number of amides is 2. The van der Waals surface area contributed by atoms with Crippen LogP contribution in [0.25, 0.3) is 0 Å². The molecule has 4 N–H and O–H groups in total. The first-order valence-electron chi connectivity index (χ1n) is 12.6. The van der Waals surface area contributed by atoms with Crippen molar-refractivity contribution in [2.24, 2.45) is 5.92 Å². The Bertz CT molecular complexity index is 997. The molecule has 3 fully saturated rings. The van der Waals surface area contributed by atoms with Gasteiger partial charge >= 0.3 is 0 Å². The Balaban J connectivity index is 1.29. The minimum Gasteiger partial charge on any atom is -0.392 e. The summed E-state index contributed by atoms with van der Waals surface area (Å²) < 4.78 is 0. The number of imidazole rings is 1. The third kappa shape index (κ3) is 5.03. The van der Waals surface area contributed by atoms with Gasteiger partial charge in [0.25, 0.3) is 0 Å². The molecule has 1 aromatic heterocycles. The lowest BCUT2D eigenvalue weighted by molar-refractivity contribution is -0.130. The van der Waals surface area contributed by atoms with E-state index in [1.807, 2.05) is 41.4 Å². The Kier molecular flexibility index (Phi) is 6.70. The molecule has 2 amide bonds. The molecule has 0 radical (unpaired) electrons. The molecule has 5 rings (SSSR count). The molecular weight excluding hydrogens is 430 g/mol. The molecule has 8 heteroatoms. The summed E-state index contributed by atoms with van der Waals surface area (Å²) in [4.78, 5) is 34.7. The number of aliphatic hydroxyl groups excluding tert-OH is 1. The minimum absolute atomic E-state index is 0.0381. The third-order valence-corrected chi connectivity index (χ3v) is 7.70. The van der Waals surface area contributed by atoms with Crippen LogP contribution < -0.4 is 10.6 Å². The molecule has 2 aliphatic carbocycles. The van der Waals surface area contributed by atoms with E-state index in [1.165, 1.54) is 0 Å². The number of aromatic amines is 1. The van der Waals surface area contributed by atoms with E-state index in [0.29, 0.717) is 18.9 Å². The normalized spacial score (nSPS) is 27.6. The van der Waals surface area contributed by atoms with Gasteiger partial charge in [-0.25, -0.2) is 4.98 Å². The maximum Gasteiger partial charge on any atom is 0.226 e. The van der Waals surface area contributed by atoms with Gasteiger partial charge in [0.15, 0.2) is 0 Å². The summed E-state index contributed by atoms with van der Waals surface area (Å²) in [5, 5.41) is 18.1. The number of hydrogen-bond donors (Lipinski definition) is 4. The van der Waals surface area contributed by atoms with Crippen molar-refractivity contribution in [1.82, 2.24) is 25.5 Å². The van der Waals surface area contributed by atoms with Crippen LogP contribution in [0.4, 0.5) is 0 Å². The number of piperidine rings is 1. The van der Waals surface area contributed by atoms with Gasteiger partial charge in [0.2, 0.25) is 11.8 Å². The summed E-state index contributed by atoms with van der Waals surface area (Å²) in [6.45, 7) is 3.55. The Morgan fingerprint density at radius 2 is 1.88 bits per heavy atom. The Hall–Kier alpha value is -2.71. The van der Waals surface area contributed by atoms with Crippen molar-refractivity contribution < 1.29 is 14.7 Å². The highest BCUT2D eigenvalue weighted by Crippen LogP contribution is 2.42. The standard InChI is InChI=1S/C26H35N5O3/c1-16(32)31-11-9-19(10-12-31)29-21-13-20(26(34)28-14-17-5-3-2-4-6-17)24(33)23(21)22-15-27-25(30-22)18-7-8-18/h2-6,15,18-21,23-24,29,33H,7-14H2,1H3,(H,27,30)(H,28,34)/t20-,21+,23+,24+/m0/s1. The van der Waals surface area contributed by atoms with E-state index in [1.54, 1.807) is 6.92 Å². The van der Waals surface area contributed by atoms with Crippen LogP contribution in [0, 0.1) is 5.92 Å². The smallest absolute Gasteiger partial charge is 0.226 e. The maximum atomic E-state index is 13.1. The van der Waals surface area contributed by atoms with E-state index in [0.717, 1.165) is 55.9 Å². The second-order valence-corrected chi connectivity index (χ2v) is 10.1. The van der Waals surface area contributed by atoms with Crippen LogP contribution in [0.3, 0.4) is 0 Å². The number of H-pyrrole nitrogens is 1. The van der Waals surface area contributed by atoms with E-state index < -0.39 is 12.0 Å². The average molecular weight is 466 g/mol. The molecule has 1 saturated heterocycles. The molecular formula is C26H35N5O3. The lowest BCUT2D eigenvalue weighted by atomic mass is 9.94. The lowest BCUT2D eigenvalue weighted by Gasteiger charge is -2.34. The van der Waals surface area contributed by atoms with Crippen molar-refractivity contribution in [3.05, 3.63) is 53.6 Å². The number of rotatable bonds is 7. The summed E-state index contributed by atoms with van der Waals surface area (Å²) in [6, 6.07) is 10.0. The molecule has 2 aromatic rings. The zero-order valence-corrected chi connectivity index (χ0v) is 19.7. The summed E-state index contributed by atoms with van der Waals surface area (Å²) in [7, 11) is 0. The highest BCUT2D eigenvalue weighted by molar-refractivity contribution is 5.80. The topological polar surface area (TPSA) is 110 Å². The van der Waals surface area contributed by atoms with Gasteiger partial charge in [-0.2, -0.15) is 0 Å². The summed E-state index contributed by atoms with van der Waals surface area (Å²) in [5.41, 5.74) is 1.95. The van der Waals surface area contributed by atoms with Crippen LogP contribution in [0.15, 0.2) is 36.5 Å². The van der Waals surface area contributed by atoms with Crippen LogP contribution >= 0.6 is 0 Å². The monoisotopic (exact) mass is 465 g/mol. The highest BCUT2D eigenvalue weighted by atomic mass is 16.3. The molecule has 182 valence electrons. The fourth-order valence-electron chi connectivity index (χ4n) is 5.55. The number of carbonyl (C=O) groups excluding carboxylic acids is 2. The van der Waals surface area contributed by atoms with Crippen LogP contribution in [-0.2, 0) is 16.1 Å². The van der Waals surface area contributed by atoms with Gasteiger partial charge in [0.1, 0.15) is 5.82 Å². The van der Waals surface area contributed by atoms with Gasteiger partial charge in [0.05, 0.1) is 12.0 Å². The van der Waals surface area contributed by atoms with Gasteiger partial charge in [-0.1, -0.05) is 30.3 Å².